The molecule has 7 nitrogen and oxygen atoms in total. The Hall–Kier alpha value is -4.14. The number of aromatic nitrogens is 5. The summed E-state index contributed by atoms with van der Waals surface area (Å²) in [5, 5.41) is 3.63. The molecule has 2 N–H and O–H groups in total. The molecule has 3 aromatic heterocycles. The van der Waals surface area contributed by atoms with Crippen LogP contribution in [-0.4, -0.2) is 24.5 Å². The molecule has 0 fully saturated rings. The minimum Gasteiger partial charge on any atom is -0.360 e. The minimum absolute atomic E-state index is 0.0561. The fourth-order valence-electron chi connectivity index (χ4n) is 3.69. The van der Waals surface area contributed by atoms with Crippen LogP contribution >= 0.6 is 0 Å². The molecule has 154 valence electrons. The van der Waals surface area contributed by atoms with Crippen molar-refractivity contribution in [3.8, 4) is 5.69 Å². The van der Waals surface area contributed by atoms with E-state index in [1.807, 2.05) is 6.92 Å². The molecule has 0 aliphatic carbocycles. The number of halogens is 2. The summed E-state index contributed by atoms with van der Waals surface area (Å²) in [5.41, 5.74) is 1.34. The van der Waals surface area contributed by atoms with Crippen LogP contribution in [0.1, 0.15) is 18.7 Å². The first kappa shape index (κ1) is 18.9. The third-order valence-electron chi connectivity index (χ3n) is 5.10. The molecule has 0 aliphatic heterocycles. The van der Waals surface area contributed by atoms with Crippen LogP contribution in [0.3, 0.4) is 0 Å². The number of hydrogen-bond acceptors (Lipinski definition) is 5. The second kappa shape index (κ2) is 7.28. The highest BCUT2D eigenvalue weighted by molar-refractivity contribution is 5.84. The van der Waals surface area contributed by atoms with E-state index in [0.29, 0.717) is 33.7 Å². The van der Waals surface area contributed by atoms with E-state index < -0.39 is 23.2 Å². The van der Waals surface area contributed by atoms with E-state index in [0.717, 1.165) is 0 Å². The lowest BCUT2D eigenvalue weighted by atomic mass is 10.1. The molecule has 3 heterocycles. The van der Waals surface area contributed by atoms with Crippen molar-refractivity contribution in [2.75, 3.05) is 5.32 Å². The van der Waals surface area contributed by atoms with E-state index in [-0.39, 0.29) is 5.39 Å². The van der Waals surface area contributed by atoms with E-state index in [1.165, 1.54) is 41.5 Å². The lowest BCUT2D eigenvalue weighted by Crippen LogP contribution is -2.26. The van der Waals surface area contributed by atoms with Gasteiger partial charge in [0.05, 0.1) is 23.4 Å². The summed E-state index contributed by atoms with van der Waals surface area (Å²) in [6.07, 6.45) is 2.90. The zero-order valence-electron chi connectivity index (χ0n) is 16.3. The number of nitrogens with one attached hydrogen (secondary N) is 2. The summed E-state index contributed by atoms with van der Waals surface area (Å²) in [6.45, 7) is 1.83. The van der Waals surface area contributed by atoms with E-state index in [2.05, 4.69) is 25.3 Å². The van der Waals surface area contributed by atoms with Gasteiger partial charge in [0.2, 0.25) is 0 Å². The predicted molar refractivity (Wildman–Crippen MR) is 113 cm³/mol. The molecular weight excluding hydrogens is 402 g/mol. The van der Waals surface area contributed by atoms with Gasteiger partial charge in [0.25, 0.3) is 5.56 Å². The van der Waals surface area contributed by atoms with Crippen LogP contribution < -0.4 is 10.9 Å². The maximum atomic E-state index is 14.5. The summed E-state index contributed by atoms with van der Waals surface area (Å²) in [4.78, 5) is 28.8. The Kier molecular flexibility index (Phi) is 4.43. The SMILES string of the molecule is C[C@H](Nc1ncnc2[nH]cnc12)c1cc2cccc(F)c2c(=O)n1-c1cccc(F)c1. The Bertz CT molecular complexity index is 1490. The number of imidazole rings is 1. The van der Waals surface area contributed by atoms with Crippen molar-refractivity contribution in [1.29, 1.82) is 0 Å². The highest BCUT2D eigenvalue weighted by Crippen LogP contribution is 2.26. The maximum absolute atomic E-state index is 14.5. The Morgan fingerprint density at radius 2 is 1.90 bits per heavy atom. The first-order valence-electron chi connectivity index (χ1n) is 9.53. The molecule has 31 heavy (non-hydrogen) atoms. The summed E-state index contributed by atoms with van der Waals surface area (Å²) >= 11 is 0. The number of benzene rings is 2. The van der Waals surface area contributed by atoms with E-state index in [1.54, 1.807) is 24.3 Å². The van der Waals surface area contributed by atoms with Gasteiger partial charge >= 0.3 is 0 Å². The summed E-state index contributed by atoms with van der Waals surface area (Å²) in [6, 6.07) is 11.3. The van der Waals surface area contributed by atoms with Gasteiger partial charge in [-0.3, -0.25) is 9.36 Å². The average Bonchev–Trinajstić information content (AvgIpc) is 3.23. The quantitative estimate of drug-likeness (QED) is 0.459. The van der Waals surface area contributed by atoms with Gasteiger partial charge in [0, 0.05) is 5.69 Å². The highest BCUT2D eigenvalue weighted by atomic mass is 19.1. The Morgan fingerprint density at radius 1 is 1.06 bits per heavy atom. The minimum atomic E-state index is -0.631. The number of aromatic amines is 1. The Balaban J connectivity index is 1.72. The zero-order chi connectivity index (χ0) is 21.5. The van der Waals surface area contributed by atoms with Crippen LogP contribution in [-0.2, 0) is 0 Å². The van der Waals surface area contributed by atoms with Crippen molar-refractivity contribution in [2.24, 2.45) is 0 Å². The molecule has 5 rings (SSSR count). The van der Waals surface area contributed by atoms with Crippen molar-refractivity contribution in [2.45, 2.75) is 13.0 Å². The number of nitrogens with zero attached hydrogens (tertiary/aromatic N) is 4. The third kappa shape index (κ3) is 3.20. The fraction of sp³-hybridized carbons (Fsp3) is 0.0909. The molecule has 0 radical (unpaired) electrons. The van der Waals surface area contributed by atoms with Gasteiger partial charge in [-0.1, -0.05) is 18.2 Å². The van der Waals surface area contributed by atoms with Crippen molar-refractivity contribution < 1.29 is 8.78 Å². The number of rotatable bonds is 4. The second-order valence-corrected chi connectivity index (χ2v) is 7.08. The molecular formula is C22H16F2N6O. The average molecular weight is 418 g/mol. The summed E-state index contributed by atoms with van der Waals surface area (Å²) < 4.78 is 29.8. The number of pyridine rings is 1. The highest BCUT2D eigenvalue weighted by Gasteiger charge is 2.20. The van der Waals surface area contributed by atoms with Crippen LogP contribution in [0.2, 0.25) is 0 Å². The van der Waals surface area contributed by atoms with Crippen LogP contribution in [0.15, 0.2) is 66.0 Å². The molecule has 9 heteroatoms. The van der Waals surface area contributed by atoms with Gasteiger partial charge in [-0.05, 0) is 42.6 Å². The van der Waals surface area contributed by atoms with Gasteiger partial charge in [-0.15, -0.1) is 0 Å². The standard InChI is InChI=1S/C22H16F2N6O/c1-12(29-21-19-20(26-10-25-19)27-11-28-21)17-8-13-4-2-7-16(24)18(13)22(31)30(17)15-6-3-5-14(23)9-15/h2-12H,1H3,(H2,25,26,27,28,29)/t12-/m0/s1. The molecule has 0 spiro atoms. The molecule has 5 aromatic rings. The van der Waals surface area contributed by atoms with E-state index >= 15 is 0 Å². The fourth-order valence-corrected chi connectivity index (χ4v) is 3.69. The summed E-state index contributed by atoms with van der Waals surface area (Å²) in [7, 11) is 0. The van der Waals surface area contributed by atoms with Gasteiger partial charge in [0.15, 0.2) is 11.5 Å². The first-order chi connectivity index (χ1) is 15.0. The number of H-pyrrole nitrogens is 1. The van der Waals surface area contributed by atoms with Gasteiger partial charge in [-0.25, -0.2) is 23.7 Å². The van der Waals surface area contributed by atoms with Gasteiger partial charge in [-0.2, -0.15) is 0 Å². The Labute approximate surface area is 174 Å². The van der Waals surface area contributed by atoms with Crippen LogP contribution in [0.25, 0.3) is 27.6 Å². The molecule has 1 atom stereocenters. The van der Waals surface area contributed by atoms with Crippen molar-refractivity contribution in [3.05, 3.63) is 88.9 Å². The van der Waals surface area contributed by atoms with Crippen LogP contribution in [0.5, 0.6) is 0 Å². The monoisotopic (exact) mass is 418 g/mol. The largest absolute Gasteiger partial charge is 0.360 e. The van der Waals surface area contributed by atoms with Crippen LogP contribution in [0.4, 0.5) is 14.6 Å². The molecule has 0 saturated carbocycles. The number of anilines is 1. The van der Waals surface area contributed by atoms with Crippen molar-refractivity contribution in [1.82, 2.24) is 24.5 Å². The molecule has 0 saturated heterocycles. The normalized spacial score (nSPS) is 12.4. The molecule has 0 aliphatic rings. The topological polar surface area (TPSA) is 88.5 Å². The van der Waals surface area contributed by atoms with Crippen molar-refractivity contribution in [3.63, 3.8) is 0 Å². The third-order valence-corrected chi connectivity index (χ3v) is 5.10. The Morgan fingerprint density at radius 3 is 2.74 bits per heavy atom. The molecule has 0 amide bonds. The second-order valence-electron chi connectivity index (χ2n) is 7.08. The zero-order valence-corrected chi connectivity index (χ0v) is 16.3. The predicted octanol–water partition coefficient (Wildman–Crippen LogP) is 4.11. The van der Waals surface area contributed by atoms with Crippen LogP contribution in [0, 0.1) is 11.6 Å². The van der Waals surface area contributed by atoms with Gasteiger partial charge in [0.1, 0.15) is 23.5 Å². The lowest BCUT2D eigenvalue weighted by molar-refractivity contribution is 0.625. The molecule has 2 aromatic carbocycles. The number of fused-ring (bicyclic) bond motifs is 2. The summed E-state index contributed by atoms with van der Waals surface area (Å²) in [5.74, 6) is -0.663. The lowest BCUT2D eigenvalue weighted by Gasteiger charge is -2.21. The smallest absolute Gasteiger partial charge is 0.266 e. The first-order valence-corrected chi connectivity index (χ1v) is 9.53. The van der Waals surface area contributed by atoms with E-state index in [9.17, 15) is 13.6 Å². The van der Waals surface area contributed by atoms with Gasteiger partial charge < -0.3 is 10.3 Å². The maximum Gasteiger partial charge on any atom is 0.266 e. The molecule has 0 bridgehead atoms. The van der Waals surface area contributed by atoms with Crippen molar-refractivity contribution >= 4 is 27.8 Å². The number of hydrogen-bond donors (Lipinski definition) is 2. The molecule has 0 unspecified atom stereocenters. The van der Waals surface area contributed by atoms with E-state index in [4.69, 9.17) is 0 Å².